The summed E-state index contributed by atoms with van der Waals surface area (Å²) in [6.07, 6.45) is 4.66. The van der Waals surface area contributed by atoms with Crippen LogP contribution in [0.2, 0.25) is 0 Å². The highest BCUT2D eigenvalue weighted by molar-refractivity contribution is 6.68. The molecule has 60 valence electrons. The van der Waals surface area contributed by atoms with Gasteiger partial charge in [-0.15, -0.1) is 0 Å². The molecule has 0 saturated carbocycles. The molecular weight excluding hydrogens is 194 g/mol. The molecule has 10 heavy (non-hydrogen) atoms. The van der Waals surface area contributed by atoms with Gasteiger partial charge in [-0.2, -0.15) is 0 Å². The average Bonchev–Trinajstić information content (AvgIpc) is 1.78. The van der Waals surface area contributed by atoms with Crippen LogP contribution in [0, 0.1) is 0 Å². The molecule has 0 fully saturated rings. The summed E-state index contributed by atoms with van der Waals surface area (Å²) in [5, 5.41) is 8.36. The third kappa shape index (κ3) is 8.57. The third-order valence-corrected chi connectivity index (χ3v) is 1.21. The van der Waals surface area contributed by atoms with E-state index in [2.05, 4.69) is 0 Å². The minimum atomic E-state index is -1.30. The van der Waals surface area contributed by atoms with Gasteiger partial charge in [0.2, 0.25) is 3.79 Å². The van der Waals surface area contributed by atoms with Crippen molar-refractivity contribution >= 4 is 34.8 Å². The van der Waals surface area contributed by atoms with E-state index in [0.29, 0.717) is 6.42 Å². The van der Waals surface area contributed by atoms with E-state index in [4.69, 9.17) is 39.9 Å². The average molecular weight is 203 g/mol. The molecule has 0 heterocycles. The van der Waals surface area contributed by atoms with Crippen LogP contribution < -0.4 is 0 Å². The SMILES string of the molecule is OCCCC=CC(Cl)(Cl)Cl. The molecule has 0 atom stereocenters. The van der Waals surface area contributed by atoms with Gasteiger partial charge in [0.25, 0.3) is 0 Å². The van der Waals surface area contributed by atoms with Gasteiger partial charge in [-0.25, -0.2) is 0 Å². The van der Waals surface area contributed by atoms with Crippen molar-refractivity contribution < 1.29 is 5.11 Å². The zero-order chi connectivity index (χ0) is 8.04. The zero-order valence-corrected chi connectivity index (χ0v) is 7.62. The number of rotatable bonds is 3. The molecule has 0 aromatic carbocycles. The van der Waals surface area contributed by atoms with E-state index >= 15 is 0 Å². The number of halogens is 3. The van der Waals surface area contributed by atoms with Crippen molar-refractivity contribution in [2.24, 2.45) is 0 Å². The van der Waals surface area contributed by atoms with Gasteiger partial charge in [-0.05, 0) is 18.9 Å². The summed E-state index contributed by atoms with van der Waals surface area (Å²) in [4.78, 5) is 0. The first-order valence-corrected chi connectivity index (χ1v) is 4.05. The Bertz CT molecular complexity index is 106. The maximum atomic E-state index is 8.36. The lowest BCUT2D eigenvalue weighted by molar-refractivity contribution is 0.289. The molecule has 0 aromatic rings. The van der Waals surface area contributed by atoms with Gasteiger partial charge in [-0.1, -0.05) is 40.9 Å². The maximum absolute atomic E-state index is 8.36. The van der Waals surface area contributed by atoms with E-state index in [1.54, 1.807) is 6.08 Å². The topological polar surface area (TPSA) is 20.2 Å². The fraction of sp³-hybridized carbons (Fsp3) is 0.667. The summed E-state index contributed by atoms with van der Waals surface area (Å²) in [6.45, 7) is 0.171. The fourth-order valence-electron chi connectivity index (χ4n) is 0.426. The van der Waals surface area contributed by atoms with Crippen molar-refractivity contribution in [2.45, 2.75) is 16.6 Å². The molecule has 1 nitrogen and oxygen atoms in total. The Morgan fingerprint density at radius 3 is 2.30 bits per heavy atom. The van der Waals surface area contributed by atoms with Crippen LogP contribution in [0.25, 0.3) is 0 Å². The van der Waals surface area contributed by atoms with Crippen LogP contribution >= 0.6 is 34.8 Å². The Balaban J connectivity index is 3.37. The highest BCUT2D eigenvalue weighted by Gasteiger charge is 2.12. The summed E-state index contributed by atoms with van der Waals surface area (Å²) < 4.78 is -1.30. The number of aliphatic hydroxyl groups is 1. The molecule has 1 N–H and O–H groups in total. The summed E-state index contributed by atoms with van der Waals surface area (Å²) in [5.41, 5.74) is 0. The first-order chi connectivity index (χ1) is 4.56. The fourth-order valence-corrected chi connectivity index (χ4v) is 0.693. The smallest absolute Gasteiger partial charge is 0.209 e. The third-order valence-electron chi connectivity index (χ3n) is 0.836. The van der Waals surface area contributed by atoms with Gasteiger partial charge in [0.1, 0.15) is 0 Å². The summed E-state index contributed by atoms with van der Waals surface area (Å²) >= 11 is 16.2. The maximum Gasteiger partial charge on any atom is 0.209 e. The minimum Gasteiger partial charge on any atom is -0.396 e. The van der Waals surface area contributed by atoms with Crippen LogP contribution in [-0.2, 0) is 0 Å². The normalized spacial score (nSPS) is 12.8. The molecule has 0 saturated heterocycles. The van der Waals surface area contributed by atoms with Crippen molar-refractivity contribution in [3.8, 4) is 0 Å². The number of unbranched alkanes of at least 4 members (excludes halogenated alkanes) is 1. The lowest BCUT2D eigenvalue weighted by Crippen LogP contribution is -1.93. The first-order valence-electron chi connectivity index (χ1n) is 2.91. The van der Waals surface area contributed by atoms with Crippen molar-refractivity contribution in [3.05, 3.63) is 12.2 Å². The predicted molar refractivity (Wildman–Crippen MR) is 45.7 cm³/mol. The Morgan fingerprint density at radius 2 is 1.90 bits per heavy atom. The van der Waals surface area contributed by atoms with Gasteiger partial charge in [0, 0.05) is 6.61 Å². The van der Waals surface area contributed by atoms with E-state index in [-0.39, 0.29) is 6.61 Å². The molecule has 0 spiro atoms. The van der Waals surface area contributed by atoms with E-state index in [0.717, 1.165) is 6.42 Å². The van der Waals surface area contributed by atoms with Gasteiger partial charge in [-0.3, -0.25) is 0 Å². The second-order valence-corrected chi connectivity index (χ2v) is 4.18. The lowest BCUT2D eigenvalue weighted by atomic mass is 10.3. The highest BCUT2D eigenvalue weighted by Crippen LogP contribution is 2.27. The van der Waals surface area contributed by atoms with E-state index < -0.39 is 3.79 Å². The van der Waals surface area contributed by atoms with Crippen LogP contribution in [0.15, 0.2) is 12.2 Å². The molecule has 0 rings (SSSR count). The summed E-state index contributed by atoms with van der Waals surface area (Å²) in [6, 6.07) is 0. The second kappa shape index (κ2) is 5.25. The molecule has 0 bridgehead atoms. The van der Waals surface area contributed by atoms with Gasteiger partial charge < -0.3 is 5.11 Å². The van der Waals surface area contributed by atoms with Crippen LogP contribution in [0.4, 0.5) is 0 Å². The van der Waals surface area contributed by atoms with Gasteiger partial charge in [0.15, 0.2) is 0 Å². The molecule has 0 aliphatic rings. The van der Waals surface area contributed by atoms with Gasteiger partial charge in [0.05, 0.1) is 0 Å². The molecular formula is C6H9Cl3O. The monoisotopic (exact) mass is 202 g/mol. The molecule has 0 aliphatic heterocycles. The lowest BCUT2D eigenvalue weighted by Gasteiger charge is -2.01. The number of aliphatic hydroxyl groups excluding tert-OH is 1. The zero-order valence-electron chi connectivity index (χ0n) is 5.36. The molecule has 4 heteroatoms. The second-order valence-electron chi connectivity index (χ2n) is 1.81. The minimum absolute atomic E-state index is 0.171. The largest absolute Gasteiger partial charge is 0.396 e. The van der Waals surface area contributed by atoms with Crippen LogP contribution in [0.3, 0.4) is 0 Å². The quantitative estimate of drug-likeness (QED) is 0.425. The van der Waals surface area contributed by atoms with Gasteiger partial charge >= 0.3 is 0 Å². The highest BCUT2D eigenvalue weighted by atomic mass is 35.6. The Kier molecular flexibility index (Phi) is 5.55. The number of allylic oxidation sites excluding steroid dienone is 2. The molecule has 0 aromatic heterocycles. The van der Waals surface area contributed by atoms with Crippen molar-refractivity contribution in [2.75, 3.05) is 6.61 Å². The Hall–Kier alpha value is 0.570. The van der Waals surface area contributed by atoms with E-state index in [9.17, 15) is 0 Å². The standard InChI is InChI=1S/C6H9Cl3O/c7-6(8,9)4-2-1-3-5-10/h2,4,10H,1,3,5H2. The number of alkyl halides is 3. The van der Waals surface area contributed by atoms with E-state index in [1.807, 2.05) is 0 Å². The first kappa shape index (κ1) is 10.6. The number of hydrogen-bond acceptors (Lipinski definition) is 1. The number of hydrogen-bond donors (Lipinski definition) is 1. The van der Waals surface area contributed by atoms with Crippen LogP contribution in [0.1, 0.15) is 12.8 Å². The van der Waals surface area contributed by atoms with Crippen LogP contribution in [0.5, 0.6) is 0 Å². The molecule has 0 unspecified atom stereocenters. The summed E-state index contributed by atoms with van der Waals surface area (Å²) in [7, 11) is 0. The van der Waals surface area contributed by atoms with Crippen molar-refractivity contribution in [3.63, 3.8) is 0 Å². The molecule has 0 aliphatic carbocycles. The molecule has 0 amide bonds. The van der Waals surface area contributed by atoms with Crippen molar-refractivity contribution in [1.29, 1.82) is 0 Å². The molecule has 0 radical (unpaired) electrons. The summed E-state index contributed by atoms with van der Waals surface area (Å²) in [5.74, 6) is 0. The van der Waals surface area contributed by atoms with Crippen LogP contribution in [-0.4, -0.2) is 15.5 Å². The van der Waals surface area contributed by atoms with Crippen molar-refractivity contribution in [1.82, 2.24) is 0 Å². The predicted octanol–water partition coefficient (Wildman–Crippen LogP) is 2.69. The van der Waals surface area contributed by atoms with E-state index in [1.165, 1.54) is 6.08 Å². The Labute approximate surface area is 75.6 Å². The Morgan fingerprint density at radius 1 is 1.30 bits per heavy atom.